The zero-order chi connectivity index (χ0) is 17.3. The van der Waals surface area contributed by atoms with Gasteiger partial charge in [-0.25, -0.2) is 0 Å². The van der Waals surface area contributed by atoms with Gasteiger partial charge in [-0.15, -0.1) is 0 Å². The molecule has 1 N–H and O–H groups in total. The first-order valence-electron chi connectivity index (χ1n) is 8.25. The van der Waals surface area contributed by atoms with E-state index < -0.39 is 12.7 Å². The molecule has 23 heavy (non-hydrogen) atoms. The number of thioether (sulfide) groups is 1. The third-order valence-corrected chi connectivity index (χ3v) is 5.01. The van der Waals surface area contributed by atoms with Crippen LogP contribution in [0.3, 0.4) is 0 Å². The molecule has 0 aromatic heterocycles. The van der Waals surface area contributed by atoms with Crippen molar-refractivity contribution in [3.63, 3.8) is 0 Å². The number of rotatable bonds is 7. The van der Waals surface area contributed by atoms with Crippen LogP contribution in [-0.4, -0.2) is 79.3 Å². The summed E-state index contributed by atoms with van der Waals surface area (Å²) >= 11 is 2.00. The van der Waals surface area contributed by atoms with Crippen molar-refractivity contribution >= 4 is 17.7 Å². The Bertz CT molecular complexity index is 363. The first-order chi connectivity index (χ1) is 10.9. The van der Waals surface area contributed by atoms with E-state index in [0.29, 0.717) is 24.8 Å². The van der Waals surface area contributed by atoms with E-state index in [1.165, 1.54) is 11.9 Å². The number of alkyl halides is 3. The second-order valence-electron chi connectivity index (χ2n) is 5.79. The summed E-state index contributed by atoms with van der Waals surface area (Å²) < 4.78 is 36.8. The van der Waals surface area contributed by atoms with Crippen LogP contribution in [0, 0.1) is 0 Å². The molecule has 0 aromatic rings. The van der Waals surface area contributed by atoms with E-state index in [4.69, 9.17) is 0 Å². The van der Waals surface area contributed by atoms with Crippen LogP contribution < -0.4 is 5.32 Å². The average Bonchev–Trinajstić information content (AvgIpc) is 2.48. The molecule has 0 bridgehead atoms. The van der Waals surface area contributed by atoms with Gasteiger partial charge in [0.15, 0.2) is 5.96 Å². The van der Waals surface area contributed by atoms with E-state index in [9.17, 15) is 13.2 Å². The summed E-state index contributed by atoms with van der Waals surface area (Å²) in [5.41, 5.74) is 0. The number of nitrogens with one attached hydrogen (secondary N) is 1. The van der Waals surface area contributed by atoms with Crippen LogP contribution in [0.25, 0.3) is 0 Å². The van der Waals surface area contributed by atoms with Crippen molar-refractivity contribution in [2.75, 3.05) is 52.1 Å². The molecule has 1 rings (SSSR count). The Kier molecular flexibility index (Phi) is 9.12. The molecular weight excluding hydrogens is 325 g/mol. The smallest absolute Gasteiger partial charge is 0.357 e. The number of hydrogen-bond acceptors (Lipinski definition) is 3. The van der Waals surface area contributed by atoms with E-state index in [2.05, 4.69) is 22.1 Å². The van der Waals surface area contributed by atoms with Gasteiger partial charge < -0.3 is 10.2 Å². The summed E-state index contributed by atoms with van der Waals surface area (Å²) in [5.74, 6) is 1.99. The summed E-state index contributed by atoms with van der Waals surface area (Å²) in [6.45, 7) is 7.07. The first kappa shape index (κ1) is 20.4. The summed E-state index contributed by atoms with van der Waals surface area (Å²) in [6, 6.07) is 0. The maximum absolute atomic E-state index is 12.3. The van der Waals surface area contributed by atoms with E-state index in [1.807, 2.05) is 18.7 Å². The van der Waals surface area contributed by atoms with Crippen LogP contribution in [0.15, 0.2) is 4.99 Å². The van der Waals surface area contributed by atoms with Gasteiger partial charge in [0.05, 0.1) is 6.54 Å². The normalized spacial score (nSPS) is 20.2. The number of aliphatic imine (C=N–C) groups is 1. The molecule has 1 atom stereocenters. The highest BCUT2D eigenvalue weighted by atomic mass is 32.2. The van der Waals surface area contributed by atoms with Crippen molar-refractivity contribution in [1.82, 2.24) is 15.1 Å². The molecule has 0 spiro atoms. The molecule has 1 aliphatic heterocycles. The third kappa shape index (κ3) is 8.69. The van der Waals surface area contributed by atoms with Gasteiger partial charge in [-0.3, -0.25) is 9.89 Å². The summed E-state index contributed by atoms with van der Waals surface area (Å²) in [7, 11) is 1.50. The van der Waals surface area contributed by atoms with Gasteiger partial charge in [0.2, 0.25) is 0 Å². The Morgan fingerprint density at radius 2 is 2.13 bits per heavy atom. The van der Waals surface area contributed by atoms with Crippen molar-refractivity contribution in [3.05, 3.63) is 0 Å². The van der Waals surface area contributed by atoms with Gasteiger partial charge in [-0.1, -0.05) is 6.92 Å². The molecule has 0 saturated carbocycles. The van der Waals surface area contributed by atoms with Crippen LogP contribution in [0.1, 0.15) is 26.7 Å². The fourth-order valence-electron chi connectivity index (χ4n) is 2.50. The van der Waals surface area contributed by atoms with Crippen LogP contribution in [-0.2, 0) is 0 Å². The second-order valence-corrected chi connectivity index (χ2v) is 7.20. The molecule has 1 saturated heterocycles. The van der Waals surface area contributed by atoms with E-state index >= 15 is 0 Å². The lowest BCUT2D eigenvalue weighted by molar-refractivity contribution is -0.143. The Morgan fingerprint density at radius 1 is 1.39 bits per heavy atom. The Labute approximate surface area is 141 Å². The first-order valence-corrected chi connectivity index (χ1v) is 9.30. The fraction of sp³-hybridized carbons (Fsp3) is 0.933. The quantitative estimate of drug-likeness (QED) is 0.433. The van der Waals surface area contributed by atoms with Crippen molar-refractivity contribution in [1.29, 1.82) is 0 Å². The monoisotopic (exact) mass is 354 g/mol. The van der Waals surface area contributed by atoms with Crippen LogP contribution in [0.5, 0.6) is 0 Å². The van der Waals surface area contributed by atoms with E-state index in [1.54, 1.807) is 0 Å². The molecule has 0 radical (unpaired) electrons. The summed E-state index contributed by atoms with van der Waals surface area (Å²) in [4.78, 5) is 8.16. The minimum Gasteiger partial charge on any atom is -0.357 e. The number of halogens is 3. The topological polar surface area (TPSA) is 30.9 Å². The van der Waals surface area contributed by atoms with Gasteiger partial charge in [-0.05, 0) is 33.4 Å². The molecule has 0 aliphatic carbocycles. The Hall–Kier alpha value is -0.630. The Morgan fingerprint density at radius 3 is 2.74 bits per heavy atom. The predicted octanol–water partition coefficient (Wildman–Crippen LogP) is 2.66. The SMILES string of the molecule is CCNC(=NCCCN(C)CC(F)(F)F)N1CCSC(CC)C1. The van der Waals surface area contributed by atoms with Gasteiger partial charge in [0.1, 0.15) is 0 Å². The van der Waals surface area contributed by atoms with Gasteiger partial charge in [0.25, 0.3) is 0 Å². The lowest BCUT2D eigenvalue weighted by atomic mass is 10.3. The number of nitrogens with zero attached hydrogens (tertiary/aromatic N) is 3. The minimum absolute atomic E-state index is 0.399. The van der Waals surface area contributed by atoms with Gasteiger partial charge in [-0.2, -0.15) is 24.9 Å². The highest BCUT2D eigenvalue weighted by molar-refractivity contribution is 8.00. The maximum atomic E-state index is 12.3. The number of hydrogen-bond donors (Lipinski definition) is 1. The Balaban J connectivity index is 2.42. The molecule has 1 heterocycles. The highest BCUT2D eigenvalue weighted by Gasteiger charge is 2.28. The van der Waals surface area contributed by atoms with Crippen LogP contribution in [0.2, 0.25) is 0 Å². The molecule has 8 heteroatoms. The zero-order valence-corrected chi connectivity index (χ0v) is 15.1. The minimum atomic E-state index is -4.13. The zero-order valence-electron chi connectivity index (χ0n) is 14.3. The van der Waals surface area contributed by atoms with Crippen molar-refractivity contribution in [2.45, 2.75) is 38.1 Å². The molecule has 136 valence electrons. The molecule has 1 fully saturated rings. The van der Waals surface area contributed by atoms with Crippen molar-refractivity contribution < 1.29 is 13.2 Å². The lowest BCUT2D eigenvalue weighted by Gasteiger charge is -2.34. The predicted molar refractivity (Wildman–Crippen MR) is 92.3 cm³/mol. The molecule has 1 unspecified atom stereocenters. The van der Waals surface area contributed by atoms with Gasteiger partial charge in [0, 0.05) is 37.2 Å². The summed E-state index contributed by atoms with van der Waals surface area (Å²) in [6.07, 6.45) is -2.36. The average molecular weight is 354 g/mol. The molecular formula is C15H29F3N4S. The molecule has 0 amide bonds. The van der Waals surface area contributed by atoms with Crippen LogP contribution in [0.4, 0.5) is 13.2 Å². The summed E-state index contributed by atoms with van der Waals surface area (Å²) in [5, 5.41) is 3.93. The fourth-order valence-corrected chi connectivity index (χ4v) is 3.68. The molecule has 0 aromatic carbocycles. The third-order valence-electron chi connectivity index (χ3n) is 3.64. The van der Waals surface area contributed by atoms with Crippen molar-refractivity contribution in [3.8, 4) is 0 Å². The highest BCUT2D eigenvalue weighted by Crippen LogP contribution is 2.21. The second kappa shape index (κ2) is 10.3. The maximum Gasteiger partial charge on any atom is 0.401 e. The van der Waals surface area contributed by atoms with Crippen LogP contribution >= 0.6 is 11.8 Å². The van der Waals surface area contributed by atoms with E-state index in [-0.39, 0.29) is 0 Å². The standard InChI is InChI=1S/C15H29F3N4S/c1-4-13-11-22(9-10-23-13)14(19-5-2)20-7-6-8-21(3)12-15(16,17)18/h13H,4-12H2,1-3H3,(H,19,20). The molecule has 1 aliphatic rings. The lowest BCUT2D eigenvalue weighted by Crippen LogP contribution is -2.48. The largest absolute Gasteiger partial charge is 0.401 e. The van der Waals surface area contributed by atoms with Gasteiger partial charge >= 0.3 is 6.18 Å². The molecule has 4 nitrogen and oxygen atoms in total. The van der Waals surface area contributed by atoms with Crippen molar-refractivity contribution in [2.24, 2.45) is 4.99 Å². The van der Waals surface area contributed by atoms with E-state index in [0.717, 1.165) is 37.8 Å². The number of guanidine groups is 1.